The fourth-order valence-corrected chi connectivity index (χ4v) is 3.18. The maximum absolute atomic E-state index is 13.2. The summed E-state index contributed by atoms with van der Waals surface area (Å²) in [5, 5.41) is 3.00. The molecular formula is C15H21F2NO2S. The zero-order valence-electron chi connectivity index (χ0n) is 12.7. The molecule has 0 bridgehead atoms. The smallest absolute Gasteiger partial charge is 0.326 e. The molecule has 0 heterocycles. The minimum Gasteiger partial charge on any atom is -0.465 e. The lowest BCUT2D eigenvalue weighted by Gasteiger charge is -2.29. The van der Waals surface area contributed by atoms with Crippen LogP contribution in [0.2, 0.25) is 0 Å². The van der Waals surface area contributed by atoms with Gasteiger partial charge in [0.05, 0.1) is 6.61 Å². The predicted octanol–water partition coefficient (Wildman–Crippen LogP) is 3.38. The predicted molar refractivity (Wildman–Crippen MR) is 80.4 cm³/mol. The molecule has 118 valence electrons. The number of carbonyl (C=O) groups excluding carboxylic acids is 1. The lowest BCUT2D eigenvalue weighted by molar-refractivity contribution is -0.150. The summed E-state index contributed by atoms with van der Waals surface area (Å²) >= 11 is 1.39. The Balaban J connectivity index is 2.72. The number of carbonyl (C=O) groups is 1. The van der Waals surface area contributed by atoms with Gasteiger partial charge in [0.2, 0.25) is 0 Å². The Morgan fingerprint density at radius 1 is 1.43 bits per heavy atom. The first-order chi connectivity index (χ1) is 9.82. The number of thioether (sulfide) groups is 1. The highest BCUT2D eigenvalue weighted by atomic mass is 32.2. The molecule has 6 heteroatoms. The molecule has 2 unspecified atom stereocenters. The third-order valence-corrected chi connectivity index (χ3v) is 4.30. The normalized spacial score (nSPS) is 15.3. The van der Waals surface area contributed by atoms with Gasteiger partial charge >= 0.3 is 5.97 Å². The maximum atomic E-state index is 13.2. The van der Waals surface area contributed by atoms with E-state index in [0.29, 0.717) is 17.9 Å². The van der Waals surface area contributed by atoms with Crippen molar-refractivity contribution in [2.24, 2.45) is 0 Å². The lowest BCUT2D eigenvalue weighted by Crippen LogP contribution is -2.50. The number of rotatable bonds is 7. The molecule has 0 aliphatic heterocycles. The van der Waals surface area contributed by atoms with Gasteiger partial charge in [-0.3, -0.25) is 4.79 Å². The van der Waals surface area contributed by atoms with Crippen LogP contribution >= 0.6 is 11.8 Å². The van der Waals surface area contributed by atoms with Crippen molar-refractivity contribution in [1.82, 2.24) is 5.32 Å². The largest absolute Gasteiger partial charge is 0.465 e. The van der Waals surface area contributed by atoms with E-state index in [-0.39, 0.29) is 11.2 Å². The van der Waals surface area contributed by atoms with Crippen LogP contribution in [0.25, 0.3) is 0 Å². The zero-order valence-corrected chi connectivity index (χ0v) is 13.5. The van der Waals surface area contributed by atoms with E-state index in [9.17, 15) is 13.6 Å². The minimum atomic E-state index is -0.867. The standard InChI is InChI=1S/C15H21F2NO2S/c1-5-20-14(19)15(3,18-4)9-10(2)21-11-6-7-12(16)13(17)8-11/h6-8,10,18H,5,9H2,1-4H3. The van der Waals surface area contributed by atoms with Gasteiger partial charge in [-0.1, -0.05) is 6.92 Å². The van der Waals surface area contributed by atoms with E-state index in [1.807, 2.05) is 6.92 Å². The van der Waals surface area contributed by atoms with Gasteiger partial charge in [0.15, 0.2) is 11.6 Å². The topological polar surface area (TPSA) is 38.3 Å². The molecule has 1 rings (SSSR count). The average molecular weight is 317 g/mol. The molecule has 0 amide bonds. The van der Waals surface area contributed by atoms with E-state index >= 15 is 0 Å². The molecule has 1 aromatic carbocycles. The van der Waals surface area contributed by atoms with Crippen molar-refractivity contribution in [3.63, 3.8) is 0 Å². The summed E-state index contributed by atoms with van der Waals surface area (Å²) in [5.74, 6) is -2.04. The highest BCUT2D eigenvalue weighted by molar-refractivity contribution is 7.99. The van der Waals surface area contributed by atoms with Gasteiger partial charge in [-0.05, 0) is 45.5 Å². The van der Waals surface area contributed by atoms with Crippen molar-refractivity contribution in [2.75, 3.05) is 13.7 Å². The number of hydrogen-bond donors (Lipinski definition) is 1. The lowest BCUT2D eigenvalue weighted by atomic mass is 9.96. The van der Waals surface area contributed by atoms with Crippen molar-refractivity contribution in [2.45, 2.75) is 42.9 Å². The number of benzene rings is 1. The average Bonchev–Trinajstić information content (AvgIpc) is 2.43. The minimum absolute atomic E-state index is 0.0247. The van der Waals surface area contributed by atoms with Gasteiger partial charge in [-0.15, -0.1) is 11.8 Å². The van der Waals surface area contributed by atoms with Gasteiger partial charge < -0.3 is 10.1 Å². The first-order valence-electron chi connectivity index (χ1n) is 6.80. The second kappa shape index (κ2) is 7.75. The summed E-state index contributed by atoms with van der Waals surface area (Å²) in [6.07, 6.45) is 0.506. The van der Waals surface area contributed by atoms with E-state index in [4.69, 9.17) is 4.74 Å². The SMILES string of the molecule is CCOC(=O)C(C)(CC(C)Sc1ccc(F)c(F)c1)NC. The Kier molecular flexibility index (Phi) is 6.61. The fraction of sp³-hybridized carbons (Fsp3) is 0.533. The van der Waals surface area contributed by atoms with Crippen LogP contribution in [0.5, 0.6) is 0 Å². The van der Waals surface area contributed by atoms with Gasteiger partial charge in [-0.2, -0.15) is 0 Å². The number of ether oxygens (including phenoxy) is 1. The van der Waals surface area contributed by atoms with E-state index in [1.54, 1.807) is 20.9 Å². The molecule has 0 aliphatic rings. The van der Waals surface area contributed by atoms with Gasteiger partial charge in [0, 0.05) is 10.1 Å². The van der Waals surface area contributed by atoms with Crippen molar-refractivity contribution in [1.29, 1.82) is 0 Å². The Labute approximate surface area is 128 Å². The number of nitrogens with one attached hydrogen (secondary N) is 1. The van der Waals surface area contributed by atoms with Crippen LogP contribution in [0.3, 0.4) is 0 Å². The summed E-state index contributed by atoms with van der Waals surface area (Å²) in [5.41, 5.74) is -0.805. The van der Waals surface area contributed by atoms with Crippen LogP contribution in [0, 0.1) is 11.6 Å². The van der Waals surface area contributed by atoms with Crippen molar-refractivity contribution in [3.8, 4) is 0 Å². The molecule has 0 spiro atoms. The Bertz CT molecular complexity index is 499. The van der Waals surface area contributed by atoms with Crippen LogP contribution in [0.1, 0.15) is 27.2 Å². The van der Waals surface area contributed by atoms with E-state index < -0.39 is 17.2 Å². The third kappa shape index (κ3) is 4.97. The number of likely N-dealkylation sites (N-methyl/N-ethyl adjacent to an activating group) is 1. The summed E-state index contributed by atoms with van der Waals surface area (Å²) in [4.78, 5) is 12.6. The molecule has 21 heavy (non-hydrogen) atoms. The van der Waals surface area contributed by atoms with E-state index in [0.717, 1.165) is 12.1 Å². The van der Waals surface area contributed by atoms with Crippen LogP contribution in [-0.4, -0.2) is 30.4 Å². The highest BCUT2D eigenvalue weighted by Gasteiger charge is 2.34. The van der Waals surface area contributed by atoms with Crippen molar-refractivity contribution >= 4 is 17.7 Å². The summed E-state index contributed by atoms with van der Waals surface area (Å²) in [7, 11) is 1.70. The van der Waals surface area contributed by atoms with Gasteiger partial charge in [0.1, 0.15) is 5.54 Å². The van der Waals surface area contributed by atoms with Gasteiger partial charge in [-0.25, -0.2) is 8.78 Å². The zero-order chi connectivity index (χ0) is 16.0. The molecular weight excluding hydrogens is 296 g/mol. The van der Waals surface area contributed by atoms with E-state index in [2.05, 4.69) is 5.32 Å². The van der Waals surface area contributed by atoms with Crippen molar-refractivity contribution < 1.29 is 18.3 Å². The fourth-order valence-electron chi connectivity index (χ4n) is 1.98. The maximum Gasteiger partial charge on any atom is 0.326 e. The van der Waals surface area contributed by atoms with Crippen LogP contribution in [-0.2, 0) is 9.53 Å². The quantitative estimate of drug-likeness (QED) is 0.618. The van der Waals surface area contributed by atoms with Crippen LogP contribution in [0.4, 0.5) is 8.78 Å². The molecule has 1 N–H and O–H groups in total. The molecule has 0 radical (unpaired) electrons. The van der Waals surface area contributed by atoms with Crippen molar-refractivity contribution in [3.05, 3.63) is 29.8 Å². The Morgan fingerprint density at radius 2 is 2.10 bits per heavy atom. The second-order valence-electron chi connectivity index (χ2n) is 5.01. The van der Waals surface area contributed by atoms with E-state index in [1.165, 1.54) is 17.8 Å². The molecule has 0 saturated carbocycles. The molecule has 1 aromatic rings. The first kappa shape index (κ1) is 17.9. The first-order valence-corrected chi connectivity index (χ1v) is 7.68. The molecule has 0 aliphatic carbocycles. The second-order valence-corrected chi connectivity index (χ2v) is 6.52. The summed E-state index contributed by atoms with van der Waals surface area (Å²) in [6.45, 7) is 5.78. The number of esters is 1. The van der Waals surface area contributed by atoms with Crippen LogP contribution < -0.4 is 5.32 Å². The Morgan fingerprint density at radius 3 is 2.62 bits per heavy atom. The van der Waals surface area contributed by atoms with Gasteiger partial charge in [0.25, 0.3) is 0 Å². The Hall–Kier alpha value is -1.14. The number of halogens is 2. The molecule has 0 aromatic heterocycles. The third-order valence-electron chi connectivity index (χ3n) is 3.20. The highest BCUT2D eigenvalue weighted by Crippen LogP contribution is 2.30. The summed E-state index contributed by atoms with van der Waals surface area (Å²) < 4.78 is 31.1. The number of hydrogen-bond acceptors (Lipinski definition) is 4. The molecule has 0 saturated heterocycles. The monoisotopic (exact) mass is 317 g/mol. The molecule has 0 fully saturated rings. The van der Waals surface area contributed by atoms with Crippen LogP contribution in [0.15, 0.2) is 23.1 Å². The molecule has 3 nitrogen and oxygen atoms in total. The molecule has 2 atom stereocenters. The summed E-state index contributed by atoms with van der Waals surface area (Å²) in [6, 6.07) is 3.80.